The molecule has 0 radical (unpaired) electrons. The number of hydrogen-bond acceptors (Lipinski definition) is 3. The minimum atomic E-state index is -0.168. The number of nitrogens with two attached hydrogens (primary N) is 1. The largest absolute Gasteiger partial charge is 0.454 e. The fourth-order valence-electron chi connectivity index (χ4n) is 2.22. The lowest BCUT2D eigenvalue weighted by Crippen LogP contribution is -2.11. The molecule has 0 bridgehead atoms. The Balaban J connectivity index is 2.41. The van der Waals surface area contributed by atoms with Gasteiger partial charge in [0.1, 0.15) is 11.3 Å². The van der Waals surface area contributed by atoms with E-state index in [2.05, 4.69) is 0 Å². The van der Waals surface area contributed by atoms with Crippen LogP contribution >= 0.6 is 0 Å². The second kappa shape index (κ2) is 4.28. The molecule has 0 aliphatic rings. The van der Waals surface area contributed by atoms with Crippen LogP contribution in [0.1, 0.15) is 5.56 Å². The van der Waals surface area contributed by atoms with Crippen molar-refractivity contribution in [2.45, 2.75) is 6.92 Å². The highest BCUT2D eigenvalue weighted by molar-refractivity contribution is 5.87. The van der Waals surface area contributed by atoms with Crippen molar-refractivity contribution in [3.8, 4) is 11.3 Å². The van der Waals surface area contributed by atoms with E-state index in [-0.39, 0.29) is 11.1 Å². The highest BCUT2D eigenvalue weighted by Crippen LogP contribution is 2.28. The summed E-state index contributed by atoms with van der Waals surface area (Å²) >= 11 is 0. The van der Waals surface area contributed by atoms with Gasteiger partial charge in [0.25, 0.3) is 0 Å². The third-order valence-corrected chi connectivity index (χ3v) is 3.20. The number of rotatable bonds is 1. The van der Waals surface area contributed by atoms with Gasteiger partial charge in [-0.25, -0.2) is 0 Å². The molecule has 0 aliphatic heterocycles. The van der Waals surface area contributed by atoms with E-state index < -0.39 is 0 Å². The molecule has 3 rings (SSSR count). The predicted molar refractivity (Wildman–Crippen MR) is 77.1 cm³/mol. The van der Waals surface area contributed by atoms with Crippen LogP contribution in [-0.4, -0.2) is 0 Å². The molecule has 3 nitrogen and oxygen atoms in total. The van der Waals surface area contributed by atoms with Crippen LogP contribution in [0.2, 0.25) is 0 Å². The predicted octanol–water partition coefficient (Wildman–Crippen LogP) is 3.35. The second-order valence-electron chi connectivity index (χ2n) is 4.49. The Bertz CT molecular complexity index is 804. The lowest BCUT2D eigenvalue weighted by Gasteiger charge is -2.07. The Hall–Kier alpha value is -2.55. The highest BCUT2D eigenvalue weighted by atomic mass is 16.3. The Morgan fingerprint density at radius 3 is 2.47 bits per heavy atom. The van der Waals surface area contributed by atoms with Gasteiger partial charge in [0.15, 0.2) is 5.76 Å². The average Bonchev–Trinajstić information content (AvgIpc) is 2.43. The van der Waals surface area contributed by atoms with Crippen molar-refractivity contribution in [1.29, 1.82) is 0 Å². The maximum atomic E-state index is 12.4. The first-order chi connectivity index (χ1) is 9.18. The van der Waals surface area contributed by atoms with E-state index in [1.54, 1.807) is 6.07 Å². The Kier molecular flexibility index (Phi) is 2.60. The molecule has 0 aliphatic carbocycles. The van der Waals surface area contributed by atoms with Crippen LogP contribution in [0.3, 0.4) is 0 Å². The Labute approximate surface area is 110 Å². The first kappa shape index (κ1) is 11.5. The number of nitrogen functional groups attached to an aromatic ring is 1. The summed E-state index contributed by atoms with van der Waals surface area (Å²) in [4.78, 5) is 12.4. The van der Waals surface area contributed by atoms with Crippen LogP contribution in [-0.2, 0) is 0 Å². The molecule has 1 aromatic heterocycles. The van der Waals surface area contributed by atoms with Gasteiger partial charge in [-0.15, -0.1) is 0 Å². The molecule has 0 fully saturated rings. The van der Waals surface area contributed by atoms with Gasteiger partial charge < -0.3 is 10.2 Å². The molecule has 0 spiro atoms. The van der Waals surface area contributed by atoms with Crippen LogP contribution < -0.4 is 11.2 Å². The van der Waals surface area contributed by atoms with E-state index >= 15 is 0 Å². The van der Waals surface area contributed by atoms with Gasteiger partial charge in [0, 0.05) is 5.56 Å². The number of aryl methyl sites for hydroxylation is 1. The summed E-state index contributed by atoms with van der Waals surface area (Å²) in [5.74, 6) is 0.434. The van der Waals surface area contributed by atoms with Crippen molar-refractivity contribution in [2.75, 3.05) is 5.73 Å². The zero-order valence-electron chi connectivity index (χ0n) is 10.5. The third-order valence-electron chi connectivity index (χ3n) is 3.20. The molecule has 1 heterocycles. The maximum Gasteiger partial charge on any atom is 0.216 e. The standard InChI is InChI=1S/C16H13NO2/c1-10-6-5-9-12-13(10)15(18)14(17)16(19-12)11-7-3-2-4-8-11/h2-9H,17H2,1H3. The van der Waals surface area contributed by atoms with Crippen LogP contribution in [0, 0.1) is 6.92 Å². The normalized spacial score (nSPS) is 10.8. The van der Waals surface area contributed by atoms with Gasteiger partial charge in [-0.05, 0) is 18.6 Å². The van der Waals surface area contributed by atoms with Crippen molar-refractivity contribution < 1.29 is 4.42 Å². The van der Waals surface area contributed by atoms with E-state index in [4.69, 9.17) is 10.2 Å². The van der Waals surface area contributed by atoms with Crippen LogP contribution in [0.15, 0.2) is 57.7 Å². The molecule has 19 heavy (non-hydrogen) atoms. The molecular formula is C16H13NO2. The van der Waals surface area contributed by atoms with Crippen LogP contribution in [0.4, 0.5) is 5.69 Å². The average molecular weight is 251 g/mol. The van der Waals surface area contributed by atoms with Crippen molar-refractivity contribution >= 4 is 16.7 Å². The summed E-state index contributed by atoms with van der Waals surface area (Å²) in [5, 5.41) is 0.555. The number of hydrogen-bond donors (Lipinski definition) is 1. The summed E-state index contributed by atoms with van der Waals surface area (Å²) in [5.41, 5.74) is 8.18. The van der Waals surface area contributed by atoms with Gasteiger partial charge >= 0.3 is 0 Å². The first-order valence-electron chi connectivity index (χ1n) is 6.06. The molecular weight excluding hydrogens is 238 g/mol. The molecule has 0 unspecified atom stereocenters. The molecule has 0 saturated heterocycles. The molecule has 2 N–H and O–H groups in total. The second-order valence-corrected chi connectivity index (χ2v) is 4.49. The summed E-state index contributed by atoms with van der Waals surface area (Å²) in [6.07, 6.45) is 0. The fourth-order valence-corrected chi connectivity index (χ4v) is 2.22. The minimum Gasteiger partial charge on any atom is -0.454 e. The van der Waals surface area contributed by atoms with E-state index in [9.17, 15) is 4.79 Å². The molecule has 0 amide bonds. The third kappa shape index (κ3) is 1.80. The zero-order chi connectivity index (χ0) is 13.4. The monoisotopic (exact) mass is 251 g/mol. The van der Waals surface area contributed by atoms with E-state index in [1.807, 2.05) is 49.4 Å². The quantitative estimate of drug-likeness (QED) is 0.721. The fraction of sp³-hybridized carbons (Fsp3) is 0.0625. The lowest BCUT2D eigenvalue weighted by atomic mass is 10.1. The van der Waals surface area contributed by atoms with E-state index in [0.29, 0.717) is 16.7 Å². The molecule has 2 aromatic carbocycles. The van der Waals surface area contributed by atoms with Crippen molar-refractivity contribution in [3.63, 3.8) is 0 Å². The van der Waals surface area contributed by atoms with Gasteiger partial charge in [-0.1, -0.05) is 42.5 Å². The van der Waals surface area contributed by atoms with E-state index in [0.717, 1.165) is 11.1 Å². The topological polar surface area (TPSA) is 56.2 Å². The van der Waals surface area contributed by atoms with Crippen LogP contribution in [0.5, 0.6) is 0 Å². The minimum absolute atomic E-state index is 0.160. The molecule has 0 atom stereocenters. The van der Waals surface area contributed by atoms with Gasteiger partial charge in [0.05, 0.1) is 5.39 Å². The number of benzene rings is 2. The summed E-state index contributed by atoms with van der Waals surface area (Å²) in [6.45, 7) is 1.88. The van der Waals surface area contributed by atoms with Gasteiger partial charge in [-0.2, -0.15) is 0 Å². The Morgan fingerprint density at radius 1 is 1.00 bits per heavy atom. The summed E-state index contributed by atoms with van der Waals surface area (Å²) in [7, 11) is 0. The first-order valence-corrected chi connectivity index (χ1v) is 6.06. The molecule has 0 saturated carbocycles. The van der Waals surface area contributed by atoms with Crippen LogP contribution in [0.25, 0.3) is 22.3 Å². The van der Waals surface area contributed by atoms with Crippen molar-refractivity contribution in [3.05, 3.63) is 64.3 Å². The smallest absolute Gasteiger partial charge is 0.216 e. The van der Waals surface area contributed by atoms with Gasteiger partial charge in [-0.3, -0.25) is 4.79 Å². The van der Waals surface area contributed by atoms with Crippen molar-refractivity contribution in [2.24, 2.45) is 0 Å². The van der Waals surface area contributed by atoms with E-state index in [1.165, 1.54) is 0 Å². The summed E-state index contributed by atoms with van der Waals surface area (Å²) in [6, 6.07) is 14.9. The van der Waals surface area contributed by atoms with Gasteiger partial charge in [0.2, 0.25) is 5.43 Å². The molecule has 94 valence electrons. The van der Waals surface area contributed by atoms with Crippen molar-refractivity contribution in [1.82, 2.24) is 0 Å². The lowest BCUT2D eigenvalue weighted by molar-refractivity contribution is 0.621. The molecule has 3 heteroatoms. The molecule has 3 aromatic rings. The number of anilines is 1. The maximum absolute atomic E-state index is 12.4. The summed E-state index contributed by atoms with van der Waals surface area (Å²) < 4.78 is 5.82. The SMILES string of the molecule is Cc1cccc2oc(-c3ccccc3)c(N)c(=O)c12. The highest BCUT2D eigenvalue weighted by Gasteiger charge is 2.14. The Morgan fingerprint density at radius 2 is 1.74 bits per heavy atom. The number of fused-ring (bicyclic) bond motifs is 1. The zero-order valence-corrected chi connectivity index (χ0v) is 10.5.